The highest BCUT2D eigenvalue weighted by Crippen LogP contribution is 2.19. The summed E-state index contributed by atoms with van der Waals surface area (Å²) in [6.07, 6.45) is 3.89. The molecule has 1 unspecified atom stereocenters. The van der Waals surface area contributed by atoms with E-state index in [0.29, 0.717) is 6.42 Å². The third-order valence-electron chi connectivity index (χ3n) is 2.73. The summed E-state index contributed by atoms with van der Waals surface area (Å²) in [5, 5.41) is 8.80. The summed E-state index contributed by atoms with van der Waals surface area (Å²) in [5.41, 5.74) is 1.12. The summed E-state index contributed by atoms with van der Waals surface area (Å²) >= 11 is 0. The van der Waals surface area contributed by atoms with Crippen LogP contribution in [-0.4, -0.2) is 24.6 Å². The van der Waals surface area contributed by atoms with E-state index in [9.17, 15) is 0 Å². The Morgan fingerprint density at radius 3 is 2.69 bits per heavy atom. The van der Waals surface area contributed by atoms with Crippen molar-refractivity contribution in [1.29, 1.82) is 0 Å². The van der Waals surface area contributed by atoms with Crippen LogP contribution in [0.2, 0.25) is 0 Å². The summed E-state index contributed by atoms with van der Waals surface area (Å²) in [7, 11) is 0. The van der Waals surface area contributed by atoms with E-state index < -0.39 is 0 Å². The van der Waals surface area contributed by atoms with Crippen LogP contribution in [0, 0.1) is 0 Å². The van der Waals surface area contributed by atoms with E-state index in [1.165, 1.54) is 6.42 Å². The molecule has 3 nitrogen and oxygen atoms in total. The number of benzene rings is 1. The Morgan fingerprint density at radius 2 is 2.06 bits per heavy atom. The second kappa shape index (κ2) is 5.87. The molecule has 0 spiro atoms. The van der Waals surface area contributed by atoms with Crippen LogP contribution < -0.4 is 4.74 Å². The van der Waals surface area contributed by atoms with E-state index in [1.807, 2.05) is 24.3 Å². The van der Waals surface area contributed by atoms with Gasteiger partial charge in [0.2, 0.25) is 0 Å². The van der Waals surface area contributed by atoms with Gasteiger partial charge in [-0.3, -0.25) is 0 Å². The lowest BCUT2D eigenvalue weighted by atomic mass is 10.1. The van der Waals surface area contributed by atoms with E-state index in [2.05, 4.69) is 0 Å². The lowest BCUT2D eigenvalue weighted by Crippen LogP contribution is -2.24. The van der Waals surface area contributed by atoms with Crippen molar-refractivity contribution in [3.05, 3.63) is 29.8 Å². The Hall–Kier alpha value is -1.06. The smallest absolute Gasteiger partial charge is 0.199 e. The molecule has 0 amide bonds. The average Bonchev–Trinajstić information content (AvgIpc) is 2.33. The molecule has 0 radical (unpaired) electrons. The second-order valence-electron chi connectivity index (χ2n) is 4.03. The molecule has 1 heterocycles. The molecule has 0 bridgehead atoms. The van der Waals surface area contributed by atoms with Crippen molar-refractivity contribution in [1.82, 2.24) is 0 Å². The fourth-order valence-electron chi connectivity index (χ4n) is 1.82. The van der Waals surface area contributed by atoms with Crippen LogP contribution in [0.3, 0.4) is 0 Å². The normalized spacial score (nSPS) is 20.7. The minimum atomic E-state index is -0.0857. The Morgan fingerprint density at radius 1 is 1.25 bits per heavy atom. The van der Waals surface area contributed by atoms with Crippen LogP contribution in [-0.2, 0) is 11.2 Å². The topological polar surface area (TPSA) is 38.7 Å². The average molecular weight is 222 g/mol. The highest BCUT2D eigenvalue weighted by atomic mass is 16.7. The quantitative estimate of drug-likeness (QED) is 0.848. The molecule has 16 heavy (non-hydrogen) atoms. The summed E-state index contributed by atoms with van der Waals surface area (Å²) in [6.45, 7) is 0.985. The van der Waals surface area contributed by atoms with E-state index >= 15 is 0 Å². The Bertz CT molecular complexity index is 301. The zero-order valence-electron chi connectivity index (χ0n) is 9.39. The van der Waals surface area contributed by atoms with Gasteiger partial charge in [-0.15, -0.1) is 0 Å². The molecular formula is C13H18O3. The van der Waals surface area contributed by atoms with Crippen molar-refractivity contribution >= 4 is 0 Å². The van der Waals surface area contributed by atoms with Crippen LogP contribution in [0.1, 0.15) is 24.8 Å². The maximum atomic E-state index is 8.80. The molecule has 1 aromatic carbocycles. The zero-order chi connectivity index (χ0) is 11.2. The molecule has 0 aliphatic carbocycles. The highest BCUT2D eigenvalue weighted by Gasteiger charge is 2.14. The third kappa shape index (κ3) is 3.22. The number of ether oxygens (including phenoxy) is 2. The van der Waals surface area contributed by atoms with Gasteiger partial charge in [0.05, 0.1) is 6.61 Å². The molecule has 88 valence electrons. The van der Waals surface area contributed by atoms with Crippen molar-refractivity contribution in [3.63, 3.8) is 0 Å². The van der Waals surface area contributed by atoms with E-state index in [1.54, 1.807) is 0 Å². The molecular weight excluding hydrogens is 204 g/mol. The third-order valence-corrected chi connectivity index (χ3v) is 2.73. The van der Waals surface area contributed by atoms with Gasteiger partial charge in [0, 0.05) is 13.0 Å². The molecule has 1 N–H and O–H groups in total. The fraction of sp³-hybridized carbons (Fsp3) is 0.538. The van der Waals surface area contributed by atoms with Gasteiger partial charge in [-0.2, -0.15) is 0 Å². The molecule has 1 saturated heterocycles. The second-order valence-corrected chi connectivity index (χ2v) is 4.03. The standard InChI is InChI=1S/C13H18O3/c14-9-8-11-4-6-12(7-5-11)16-13-3-1-2-10-15-13/h4-7,13-14H,1-3,8-10H2. The van der Waals surface area contributed by atoms with Crippen molar-refractivity contribution in [2.45, 2.75) is 32.0 Å². The number of hydrogen-bond acceptors (Lipinski definition) is 3. The monoisotopic (exact) mass is 222 g/mol. The van der Waals surface area contributed by atoms with Crippen LogP contribution in [0.4, 0.5) is 0 Å². The van der Waals surface area contributed by atoms with Gasteiger partial charge in [-0.25, -0.2) is 0 Å². The molecule has 1 aromatic rings. The summed E-state index contributed by atoms with van der Waals surface area (Å²) in [4.78, 5) is 0. The molecule has 2 rings (SSSR count). The number of hydrogen-bond donors (Lipinski definition) is 1. The maximum absolute atomic E-state index is 8.80. The molecule has 3 heteroatoms. The van der Waals surface area contributed by atoms with Crippen LogP contribution >= 0.6 is 0 Å². The number of rotatable bonds is 4. The van der Waals surface area contributed by atoms with Crippen molar-refractivity contribution in [2.24, 2.45) is 0 Å². The lowest BCUT2D eigenvalue weighted by molar-refractivity contribution is -0.105. The highest BCUT2D eigenvalue weighted by molar-refractivity contribution is 5.27. The van der Waals surface area contributed by atoms with Crippen LogP contribution in [0.5, 0.6) is 5.75 Å². The predicted octanol–water partition coefficient (Wildman–Crippen LogP) is 2.13. The van der Waals surface area contributed by atoms with Gasteiger partial charge >= 0.3 is 0 Å². The number of aliphatic hydroxyl groups is 1. The van der Waals surface area contributed by atoms with Gasteiger partial charge in [0.1, 0.15) is 5.75 Å². The Kier molecular flexibility index (Phi) is 4.19. The van der Waals surface area contributed by atoms with Gasteiger partial charge in [0.15, 0.2) is 6.29 Å². The van der Waals surface area contributed by atoms with E-state index in [0.717, 1.165) is 30.8 Å². The van der Waals surface area contributed by atoms with E-state index in [-0.39, 0.29) is 12.9 Å². The first-order valence-electron chi connectivity index (χ1n) is 5.86. The largest absolute Gasteiger partial charge is 0.465 e. The minimum Gasteiger partial charge on any atom is -0.465 e. The van der Waals surface area contributed by atoms with Crippen molar-refractivity contribution in [2.75, 3.05) is 13.2 Å². The first-order valence-corrected chi connectivity index (χ1v) is 5.86. The summed E-state index contributed by atoms with van der Waals surface area (Å²) < 4.78 is 11.2. The molecule has 0 aromatic heterocycles. The lowest BCUT2D eigenvalue weighted by Gasteiger charge is -2.23. The van der Waals surface area contributed by atoms with Gasteiger partial charge in [0.25, 0.3) is 0 Å². The zero-order valence-corrected chi connectivity index (χ0v) is 9.39. The molecule has 1 aliphatic rings. The van der Waals surface area contributed by atoms with E-state index in [4.69, 9.17) is 14.6 Å². The van der Waals surface area contributed by atoms with Crippen LogP contribution in [0.25, 0.3) is 0 Å². The maximum Gasteiger partial charge on any atom is 0.199 e. The fourth-order valence-corrected chi connectivity index (χ4v) is 1.82. The Labute approximate surface area is 96.0 Å². The summed E-state index contributed by atoms with van der Waals surface area (Å²) in [6, 6.07) is 7.83. The summed E-state index contributed by atoms with van der Waals surface area (Å²) in [5.74, 6) is 0.841. The SMILES string of the molecule is OCCc1ccc(OC2CCCCO2)cc1. The van der Waals surface area contributed by atoms with Gasteiger partial charge in [-0.05, 0) is 37.0 Å². The molecule has 1 fully saturated rings. The molecule has 0 saturated carbocycles. The van der Waals surface area contributed by atoms with Crippen molar-refractivity contribution < 1.29 is 14.6 Å². The Balaban J connectivity index is 1.88. The van der Waals surface area contributed by atoms with Crippen molar-refractivity contribution in [3.8, 4) is 5.75 Å². The minimum absolute atomic E-state index is 0.0857. The molecule has 1 atom stereocenters. The first-order chi connectivity index (χ1) is 7.88. The predicted molar refractivity (Wildman–Crippen MR) is 61.5 cm³/mol. The first kappa shape index (κ1) is 11.4. The van der Waals surface area contributed by atoms with Gasteiger partial charge < -0.3 is 14.6 Å². The molecule has 1 aliphatic heterocycles. The number of aliphatic hydroxyl groups excluding tert-OH is 1. The van der Waals surface area contributed by atoms with Gasteiger partial charge in [-0.1, -0.05) is 12.1 Å². The van der Waals surface area contributed by atoms with Crippen LogP contribution in [0.15, 0.2) is 24.3 Å².